The third-order valence-electron chi connectivity index (χ3n) is 3.59. The third kappa shape index (κ3) is 4.45. The van der Waals surface area contributed by atoms with Gasteiger partial charge in [0.15, 0.2) is 11.5 Å². The van der Waals surface area contributed by atoms with Crippen molar-refractivity contribution in [3.63, 3.8) is 0 Å². The number of hydrogen-bond acceptors (Lipinski definition) is 5. The molecule has 1 aliphatic heterocycles. The number of nitrogens with one attached hydrogen (secondary N) is 1. The highest BCUT2D eigenvalue weighted by atomic mass is 16.7. The first-order valence-corrected chi connectivity index (χ1v) is 7.86. The van der Waals surface area contributed by atoms with Crippen LogP contribution in [0, 0.1) is 0 Å². The molecule has 1 aliphatic rings. The third-order valence-corrected chi connectivity index (χ3v) is 3.59. The molecule has 6 heteroatoms. The number of hydrazone groups is 1. The summed E-state index contributed by atoms with van der Waals surface area (Å²) in [5.74, 6) is 0.993. The number of aliphatic hydroxyl groups is 1. The minimum Gasteiger partial charge on any atom is -0.454 e. The number of nitrogens with zero attached hydrogens (tertiary/aromatic N) is 1. The quantitative estimate of drug-likeness (QED) is 0.481. The topological polar surface area (TPSA) is 80.2 Å². The number of ether oxygens (including phenoxy) is 2. The number of rotatable bonds is 6. The second-order valence-electron chi connectivity index (χ2n) is 5.37. The molecule has 0 saturated heterocycles. The van der Waals surface area contributed by atoms with Crippen molar-refractivity contribution in [1.29, 1.82) is 0 Å². The van der Waals surface area contributed by atoms with Crippen molar-refractivity contribution in [2.45, 2.75) is 6.42 Å². The maximum atomic E-state index is 12.3. The van der Waals surface area contributed by atoms with Gasteiger partial charge in [0.1, 0.15) is 0 Å². The van der Waals surface area contributed by atoms with Crippen LogP contribution < -0.4 is 14.9 Å². The summed E-state index contributed by atoms with van der Waals surface area (Å²) in [6.45, 7) is 0.0967. The highest BCUT2D eigenvalue weighted by molar-refractivity contribution is 5.98. The highest BCUT2D eigenvalue weighted by Crippen LogP contribution is 2.31. The van der Waals surface area contributed by atoms with Crippen LogP contribution >= 0.6 is 0 Å². The van der Waals surface area contributed by atoms with Gasteiger partial charge in [-0.1, -0.05) is 30.3 Å². The summed E-state index contributed by atoms with van der Waals surface area (Å²) in [6.07, 6.45) is 3.51. The van der Waals surface area contributed by atoms with Crippen molar-refractivity contribution < 1.29 is 19.4 Å². The van der Waals surface area contributed by atoms with E-state index in [4.69, 9.17) is 9.47 Å². The van der Waals surface area contributed by atoms with Gasteiger partial charge in [0.2, 0.25) is 6.79 Å². The van der Waals surface area contributed by atoms with E-state index in [0.29, 0.717) is 17.1 Å². The first kappa shape index (κ1) is 16.7. The molecule has 1 heterocycles. The van der Waals surface area contributed by atoms with Crippen LogP contribution in [-0.2, 0) is 4.79 Å². The average Bonchev–Trinajstić information content (AvgIpc) is 3.10. The molecular weight excluding hydrogens is 320 g/mol. The maximum Gasteiger partial charge on any atom is 0.267 e. The molecule has 0 aliphatic carbocycles. The number of carbonyl (C=O) groups excluding carboxylic acids is 1. The summed E-state index contributed by atoms with van der Waals surface area (Å²) in [5.41, 5.74) is 4.61. The zero-order valence-corrected chi connectivity index (χ0v) is 13.5. The fourth-order valence-corrected chi connectivity index (χ4v) is 2.35. The SMILES string of the molecule is O=C(NN=Cc1ccc2c(c1)OCO2)/C(=C\c1ccccc1)CCO. The second-order valence-corrected chi connectivity index (χ2v) is 5.37. The van der Waals surface area contributed by atoms with Gasteiger partial charge in [0, 0.05) is 18.6 Å². The lowest BCUT2D eigenvalue weighted by molar-refractivity contribution is -0.117. The van der Waals surface area contributed by atoms with Crippen LogP contribution in [0.1, 0.15) is 17.5 Å². The molecule has 2 N–H and O–H groups in total. The lowest BCUT2D eigenvalue weighted by Crippen LogP contribution is -2.20. The van der Waals surface area contributed by atoms with Crippen LogP contribution in [0.3, 0.4) is 0 Å². The van der Waals surface area contributed by atoms with Crippen molar-refractivity contribution in [3.05, 3.63) is 65.2 Å². The van der Waals surface area contributed by atoms with Gasteiger partial charge >= 0.3 is 0 Å². The van der Waals surface area contributed by atoms with E-state index in [-0.39, 0.29) is 25.7 Å². The van der Waals surface area contributed by atoms with E-state index < -0.39 is 0 Å². The van der Waals surface area contributed by atoms with Crippen LogP contribution in [0.25, 0.3) is 6.08 Å². The molecule has 2 aromatic carbocycles. The molecule has 0 unspecified atom stereocenters. The van der Waals surface area contributed by atoms with Crippen LogP contribution in [0.15, 0.2) is 59.2 Å². The Bertz CT molecular complexity index is 800. The van der Waals surface area contributed by atoms with Crippen LogP contribution in [0.4, 0.5) is 0 Å². The van der Waals surface area contributed by atoms with Crippen molar-refractivity contribution >= 4 is 18.2 Å². The fraction of sp³-hybridized carbons (Fsp3) is 0.158. The van der Waals surface area contributed by atoms with Gasteiger partial charge in [0.05, 0.1) is 6.21 Å². The largest absolute Gasteiger partial charge is 0.454 e. The van der Waals surface area contributed by atoms with Gasteiger partial charge in [-0.3, -0.25) is 4.79 Å². The number of aliphatic hydroxyl groups excluding tert-OH is 1. The number of benzene rings is 2. The number of hydrogen-bond donors (Lipinski definition) is 2. The van der Waals surface area contributed by atoms with Gasteiger partial charge in [-0.15, -0.1) is 0 Å². The normalized spacial score (nSPS) is 13.2. The van der Waals surface area contributed by atoms with Gasteiger partial charge in [0.25, 0.3) is 5.91 Å². The van der Waals surface area contributed by atoms with Crippen molar-refractivity contribution in [3.8, 4) is 11.5 Å². The van der Waals surface area contributed by atoms with Gasteiger partial charge in [-0.25, -0.2) is 5.43 Å². The van der Waals surface area contributed by atoms with E-state index in [1.807, 2.05) is 36.4 Å². The first-order valence-electron chi connectivity index (χ1n) is 7.86. The Balaban J connectivity index is 1.66. The highest BCUT2D eigenvalue weighted by Gasteiger charge is 2.12. The molecule has 1 amide bonds. The Hall–Kier alpha value is -3.12. The Morgan fingerprint density at radius 3 is 2.72 bits per heavy atom. The van der Waals surface area contributed by atoms with E-state index >= 15 is 0 Å². The van der Waals surface area contributed by atoms with Crippen LogP contribution in [0.2, 0.25) is 0 Å². The standard InChI is InChI=1S/C19H18N2O4/c22-9-8-16(10-14-4-2-1-3-5-14)19(23)21-20-12-15-6-7-17-18(11-15)25-13-24-17/h1-7,10-12,22H,8-9,13H2,(H,21,23)/b16-10-,20-12?. The minimum absolute atomic E-state index is 0.113. The van der Waals surface area contributed by atoms with Crippen molar-refractivity contribution in [2.24, 2.45) is 5.10 Å². The van der Waals surface area contributed by atoms with Gasteiger partial charge in [-0.2, -0.15) is 5.10 Å². The molecule has 2 aromatic rings. The average molecular weight is 338 g/mol. The van der Waals surface area contributed by atoms with E-state index in [9.17, 15) is 9.90 Å². The van der Waals surface area contributed by atoms with E-state index in [1.54, 1.807) is 18.2 Å². The lowest BCUT2D eigenvalue weighted by atomic mass is 10.1. The van der Waals surface area contributed by atoms with Crippen molar-refractivity contribution in [2.75, 3.05) is 13.4 Å². The molecule has 3 rings (SSSR count). The molecule has 0 radical (unpaired) electrons. The predicted molar refractivity (Wildman–Crippen MR) is 94.4 cm³/mol. The zero-order valence-electron chi connectivity index (χ0n) is 13.5. The summed E-state index contributed by atoms with van der Waals surface area (Å²) in [6, 6.07) is 14.8. The number of carbonyl (C=O) groups is 1. The number of fused-ring (bicyclic) bond motifs is 1. The molecule has 25 heavy (non-hydrogen) atoms. The van der Waals surface area contributed by atoms with Gasteiger partial charge < -0.3 is 14.6 Å². The van der Waals surface area contributed by atoms with Crippen LogP contribution in [-0.4, -0.2) is 30.6 Å². The summed E-state index contributed by atoms with van der Waals surface area (Å²) >= 11 is 0. The van der Waals surface area contributed by atoms with E-state index in [0.717, 1.165) is 11.1 Å². The monoisotopic (exact) mass is 338 g/mol. The van der Waals surface area contributed by atoms with Crippen LogP contribution in [0.5, 0.6) is 11.5 Å². The Kier molecular flexibility index (Phi) is 5.43. The fourth-order valence-electron chi connectivity index (χ4n) is 2.35. The molecule has 0 bridgehead atoms. The smallest absolute Gasteiger partial charge is 0.267 e. The molecule has 0 atom stereocenters. The molecule has 0 saturated carbocycles. The lowest BCUT2D eigenvalue weighted by Gasteiger charge is -2.05. The molecule has 6 nitrogen and oxygen atoms in total. The minimum atomic E-state index is -0.352. The number of amides is 1. The summed E-state index contributed by atoms with van der Waals surface area (Å²) in [4.78, 5) is 12.3. The molecule has 128 valence electrons. The Morgan fingerprint density at radius 1 is 1.12 bits per heavy atom. The van der Waals surface area contributed by atoms with E-state index in [1.165, 1.54) is 6.21 Å². The summed E-state index contributed by atoms with van der Waals surface area (Å²) in [7, 11) is 0. The Labute approximate surface area is 145 Å². The first-order chi connectivity index (χ1) is 12.3. The van der Waals surface area contributed by atoms with Crippen molar-refractivity contribution in [1.82, 2.24) is 5.43 Å². The molecular formula is C19H18N2O4. The molecule has 0 spiro atoms. The predicted octanol–water partition coefficient (Wildman–Crippen LogP) is 2.33. The molecule has 0 fully saturated rings. The maximum absolute atomic E-state index is 12.3. The Morgan fingerprint density at radius 2 is 1.92 bits per heavy atom. The van der Waals surface area contributed by atoms with E-state index in [2.05, 4.69) is 10.5 Å². The summed E-state index contributed by atoms with van der Waals surface area (Å²) < 4.78 is 10.5. The zero-order chi connectivity index (χ0) is 17.5. The molecule has 0 aromatic heterocycles. The summed E-state index contributed by atoms with van der Waals surface area (Å²) in [5, 5.41) is 13.1. The second kappa shape index (κ2) is 8.12. The van der Waals surface area contributed by atoms with Gasteiger partial charge in [-0.05, 0) is 35.4 Å².